The molecule has 0 amide bonds. The Balaban J connectivity index is 0. The minimum Gasteiger partial charge on any atom is -0.106 e. The molecule has 1 unspecified atom stereocenters. The summed E-state index contributed by atoms with van der Waals surface area (Å²) in [4.78, 5) is 0. The first-order chi connectivity index (χ1) is 15.3. The van der Waals surface area contributed by atoms with Crippen LogP contribution < -0.4 is 0 Å². The van der Waals surface area contributed by atoms with Crippen LogP contribution >= 0.6 is 0 Å². The van der Waals surface area contributed by atoms with Crippen LogP contribution in [0.2, 0.25) is 0 Å². The average molecular weight is 427 g/mol. The number of aryl methyl sites for hydroxylation is 1. The molecule has 0 aliphatic heterocycles. The predicted molar refractivity (Wildman–Crippen MR) is 146 cm³/mol. The van der Waals surface area contributed by atoms with E-state index in [2.05, 4.69) is 69.5 Å². The Morgan fingerprint density at radius 1 is 0.774 bits per heavy atom. The molecule has 1 atom stereocenters. The lowest BCUT2D eigenvalue weighted by molar-refractivity contribution is 0.503. The molecule has 0 saturated heterocycles. The molecule has 0 heteroatoms. The highest BCUT2D eigenvalue weighted by Crippen LogP contribution is 2.18. The lowest BCUT2D eigenvalue weighted by Gasteiger charge is -2.11. The average Bonchev–Trinajstić information content (AvgIpc) is 2.85. The Hall–Kier alpha value is -1.56. The van der Waals surface area contributed by atoms with Crippen LogP contribution in [0.4, 0.5) is 0 Å². The monoisotopic (exact) mass is 426 g/mol. The molecule has 1 aliphatic carbocycles. The normalized spacial score (nSPS) is 12.8. The van der Waals surface area contributed by atoms with Crippen molar-refractivity contribution < 1.29 is 0 Å². The van der Waals surface area contributed by atoms with Crippen molar-refractivity contribution in [2.45, 2.75) is 119 Å². The summed E-state index contributed by atoms with van der Waals surface area (Å²) in [6.07, 6.45) is 22.8. The molecule has 0 heterocycles. The number of allylic oxidation sites excluding steroid dienone is 4. The van der Waals surface area contributed by atoms with Crippen molar-refractivity contribution in [2.75, 3.05) is 0 Å². The van der Waals surface area contributed by atoms with E-state index in [1.165, 1.54) is 88.2 Å². The zero-order valence-electron chi connectivity index (χ0n) is 22.0. The first-order valence-electron chi connectivity index (χ1n) is 13.2. The largest absolute Gasteiger partial charge is 0.106 e. The highest BCUT2D eigenvalue weighted by molar-refractivity contribution is 5.23. The van der Waals surface area contributed by atoms with Gasteiger partial charge in [-0.3, -0.25) is 0 Å². The van der Waals surface area contributed by atoms with Gasteiger partial charge in [0.1, 0.15) is 0 Å². The summed E-state index contributed by atoms with van der Waals surface area (Å²) < 4.78 is 0. The zero-order chi connectivity index (χ0) is 23.7. The minimum atomic E-state index is 0.819. The van der Waals surface area contributed by atoms with Crippen molar-refractivity contribution in [3.05, 3.63) is 72.4 Å². The fourth-order valence-electron chi connectivity index (χ4n) is 3.76. The second-order valence-corrected chi connectivity index (χ2v) is 7.94. The van der Waals surface area contributed by atoms with E-state index in [4.69, 9.17) is 0 Å². The van der Waals surface area contributed by atoms with Gasteiger partial charge in [-0.25, -0.2) is 0 Å². The Morgan fingerprint density at radius 3 is 1.90 bits per heavy atom. The predicted octanol–water partition coefficient (Wildman–Crippen LogP) is 10.7. The van der Waals surface area contributed by atoms with Crippen molar-refractivity contribution in [1.82, 2.24) is 0 Å². The molecule has 0 radical (unpaired) electrons. The van der Waals surface area contributed by atoms with Crippen LogP contribution in [-0.4, -0.2) is 0 Å². The Labute approximate surface area is 196 Å². The van der Waals surface area contributed by atoms with Gasteiger partial charge in [0.15, 0.2) is 0 Å². The number of rotatable bonds is 12. The molecular weight excluding hydrogens is 372 g/mol. The lowest BCUT2D eigenvalue weighted by atomic mass is 9.95. The van der Waals surface area contributed by atoms with Crippen LogP contribution in [0.25, 0.3) is 0 Å². The van der Waals surface area contributed by atoms with Gasteiger partial charge in [-0.15, -0.1) is 13.2 Å². The molecule has 0 bridgehead atoms. The minimum absolute atomic E-state index is 0.819. The maximum absolute atomic E-state index is 3.00. The van der Waals surface area contributed by atoms with E-state index >= 15 is 0 Å². The highest BCUT2D eigenvalue weighted by atomic mass is 14.1. The summed E-state index contributed by atoms with van der Waals surface area (Å²) in [5.74, 6) is 0.819. The van der Waals surface area contributed by atoms with Crippen LogP contribution in [0.1, 0.15) is 117 Å². The highest BCUT2D eigenvalue weighted by Gasteiger charge is 2.04. The number of unbranched alkanes of at least 4 members (excludes halogenated alkanes) is 4. The van der Waals surface area contributed by atoms with E-state index in [-0.39, 0.29) is 0 Å². The summed E-state index contributed by atoms with van der Waals surface area (Å²) in [5, 5.41) is 0. The van der Waals surface area contributed by atoms with Gasteiger partial charge in [-0.2, -0.15) is 0 Å². The molecular formula is C31H54. The maximum atomic E-state index is 3.00. The summed E-state index contributed by atoms with van der Waals surface area (Å²) in [7, 11) is 0. The molecule has 0 spiro atoms. The second-order valence-electron chi connectivity index (χ2n) is 7.94. The SMILES string of the molecule is C=C.CC.CC.CCCCC(C)Cc1ccc(CCCCCCC2=CCCC=C2)cc1. The number of hydrogen-bond donors (Lipinski definition) is 0. The van der Waals surface area contributed by atoms with Crippen molar-refractivity contribution in [2.24, 2.45) is 5.92 Å². The van der Waals surface area contributed by atoms with Gasteiger partial charge in [0, 0.05) is 0 Å². The van der Waals surface area contributed by atoms with Gasteiger partial charge in [-0.1, -0.05) is 122 Å². The van der Waals surface area contributed by atoms with E-state index in [0.29, 0.717) is 0 Å². The summed E-state index contributed by atoms with van der Waals surface area (Å²) >= 11 is 0. The molecule has 0 fully saturated rings. The maximum Gasteiger partial charge on any atom is -0.0253 e. The third kappa shape index (κ3) is 17.8. The molecule has 0 N–H and O–H groups in total. The molecule has 0 nitrogen and oxygen atoms in total. The van der Waals surface area contributed by atoms with Crippen LogP contribution in [0.3, 0.4) is 0 Å². The van der Waals surface area contributed by atoms with Gasteiger partial charge in [-0.05, 0) is 62.0 Å². The molecule has 31 heavy (non-hydrogen) atoms. The summed E-state index contributed by atoms with van der Waals surface area (Å²) in [5.41, 5.74) is 4.60. The summed E-state index contributed by atoms with van der Waals surface area (Å²) in [6.45, 7) is 18.7. The molecule has 1 aromatic carbocycles. The van der Waals surface area contributed by atoms with Gasteiger partial charge in [0.05, 0.1) is 0 Å². The third-order valence-electron chi connectivity index (χ3n) is 5.41. The quantitative estimate of drug-likeness (QED) is 0.230. The van der Waals surface area contributed by atoms with Gasteiger partial charge in [0.25, 0.3) is 0 Å². The van der Waals surface area contributed by atoms with Crippen LogP contribution in [0.15, 0.2) is 61.2 Å². The van der Waals surface area contributed by atoms with Crippen molar-refractivity contribution in [1.29, 1.82) is 0 Å². The molecule has 1 aromatic rings. The van der Waals surface area contributed by atoms with E-state index in [0.717, 1.165) is 5.92 Å². The number of hydrogen-bond acceptors (Lipinski definition) is 0. The fourth-order valence-corrected chi connectivity index (χ4v) is 3.76. The van der Waals surface area contributed by atoms with Crippen LogP contribution in [-0.2, 0) is 12.8 Å². The zero-order valence-corrected chi connectivity index (χ0v) is 22.0. The molecule has 0 aromatic heterocycles. The van der Waals surface area contributed by atoms with Crippen molar-refractivity contribution >= 4 is 0 Å². The fraction of sp³-hybridized carbons (Fsp3) is 0.613. The van der Waals surface area contributed by atoms with Crippen LogP contribution in [0, 0.1) is 5.92 Å². The smallest absolute Gasteiger partial charge is 0.0253 e. The Kier molecular flexibility index (Phi) is 25.2. The van der Waals surface area contributed by atoms with Crippen LogP contribution in [0.5, 0.6) is 0 Å². The Morgan fingerprint density at radius 2 is 1.35 bits per heavy atom. The van der Waals surface area contributed by atoms with Gasteiger partial charge < -0.3 is 0 Å². The standard InChI is InChI=1S/C25H38.2C2H6.C2H4/c1-3-4-12-22(2)21-25-19-17-24(18-20-25)16-9-6-5-8-13-23-14-10-7-11-15-23;3*1-2/h10,14-15,17-20,22H,3-9,11-13,16,21H2,1-2H3;2*1-2H3;1-2H2. The summed E-state index contributed by atoms with van der Waals surface area (Å²) in [6, 6.07) is 9.44. The van der Waals surface area contributed by atoms with Crippen molar-refractivity contribution in [3.8, 4) is 0 Å². The molecule has 1 aliphatic rings. The van der Waals surface area contributed by atoms with E-state index in [9.17, 15) is 0 Å². The Bertz CT molecular complexity index is 532. The van der Waals surface area contributed by atoms with Crippen molar-refractivity contribution in [3.63, 3.8) is 0 Å². The lowest BCUT2D eigenvalue weighted by Crippen LogP contribution is -1.99. The first kappa shape index (κ1) is 31.6. The van der Waals surface area contributed by atoms with E-state index < -0.39 is 0 Å². The van der Waals surface area contributed by atoms with Gasteiger partial charge >= 0.3 is 0 Å². The topological polar surface area (TPSA) is 0 Å². The molecule has 178 valence electrons. The van der Waals surface area contributed by atoms with E-state index in [1.807, 2.05) is 27.7 Å². The first-order valence-corrected chi connectivity index (χ1v) is 13.2. The van der Waals surface area contributed by atoms with E-state index in [1.54, 1.807) is 5.57 Å². The van der Waals surface area contributed by atoms with Gasteiger partial charge in [0.2, 0.25) is 0 Å². The number of benzene rings is 1. The second kappa shape index (κ2) is 24.7. The third-order valence-corrected chi connectivity index (χ3v) is 5.41. The molecule has 2 rings (SSSR count). The molecule has 0 saturated carbocycles.